The first-order valence-electron chi connectivity index (χ1n) is 2.28. The third-order valence-corrected chi connectivity index (χ3v) is 2.77. The van der Waals surface area contributed by atoms with Crippen LogP contribution in [0.15, 0.2) is 0 Å². The number of hydrogen-bond donors (Lipinski definition) is 1. The van der Waals surface area contributed by atoms with Crippen molar-refractivity contribution in [3.05, 3.63) is 0 Å². The molecule has 0 spiro atoms. The Labute approximate surface area is 68.6 Å². The Morgan fingerprint density at radius 3 is 2.44 bits per heavy atom. The van der Waals surface area contributed by atoms with Gasteiger partial charge in [-0.15, -0.1) is 0 Å². The molecule has 5 heteroatoms. The molecule has 0 bridgehead atoms. The van der Waals surface area contributed by atoms with Crippen LogP contribution in [0.1, 0.15) is 0 Å². The maximum absolute atomic E-state index is 10.6. The molecule has 1 N–H and O–H groups in total. The maximum atomic E-state index is 10.6. The van der Waals surface area contributed by atoms with Crippen LogP contribution in [-0.2, 0) is 9.53 Å². The second kappa shape index (κ2) is 2.21. The number of ether oxygens (including phenoxy) is 1. The third-order valence-electron chi connectivity index (χ3n) is 1.06. The van der Waals surface area contributed by atoms with Gasteiger partial charge in [0, 0.05) is 0 Å². The molecule has 1 aliphatic rings. The zero-order chi connectivity index (χ0) is 7.07. The van der Waals surface area contributed by atoms with E-state index in [-0.39, 0.29) is 6.61 Å². The van der Waals surface area contributed by atoms with Gasteiger partial charge in [-0.2, -0.15) is 0 Å². The first kappa shape index (κ1) is 7.50. The van der Waals surface area contributed by atoms with Gasteiger partial charge in [-0.05, 0) is 0 Å². The SMILES string of the molecule is O=C1OCC(O)C1(Br)Br. The largest absolute Gasteiger partial charge is 0.461 e. The second-order valence-electron chi connectivity index (χ2n) is 1.74. The molecule has 1 fully saturated rings. The van der Waals surface area contributed by atoms with E-state index >= 15 is 0 Å². The van der Waals surface area contributed by atoms with Gasteiger partial charge < -0.3 is 9.84 Å². The summed E-state index contributed by atoms with van der Waals surface area (Å²) in [5.41, 5.74) is 0. The molecule has 1 heterocycles. The van der Waals surface area contributed by atoms with Crippen LogP contribution in [-0.4, -0.2) is 27.0 Å². The van der Waals surface area contributed by atoms with Gasteiger partial charge in [0.05, 0.1) is 0 Å². The van der Waals surface area contributed by atoms with Gasteiger partial charge in [-0.25, -0.2) is 4.79 Å². The first-order valence-corrected chi connectivity index (χ1v) is 3.87. The maximum Gasteiger partial charge on any atom is 0.336 e. The summed E-state index contributed by atoms with van der Waals surface area (Å²) in [6.07, 6.45) is -0.801. The Kier molecular flexibility index (Phi) is 1.84. The van der Waals surface area contributed by atoms with Crippen molar-refractivity contribution < 1.29 is 14.6 Å². The van der Waals surface area contributed by atoms with E-state index in [1.165, 1.54) is 0 Å². The van der Waals surface area contributed by atoms with E-state index in [0.29, 0.717) is 0 Å². The van der Waals surface area contributed by atoms with Crippen LogP contribution in [0.5, 0.6) is 0 Å². The minimum absolute atomic E-state index is 0.0509. The zero-order valence-corrected chi connectivity index (χ0v) is 7.48. The van der Waals surface area contributed by atoms with Crippen molar-refractivity contribution in [2.45, 2.75) is 9.34 Å². The molecule has 0 amide bonds. The predicted octanol–water partition coefficient (Wildman–Crippen LogP) is 0.390. The summed E-state index contributed by atoms with van der Waals surface area (Å²) in [7, 11) is 0. The Bertz CT molecular complexity index is 145. The lowest BCUT2D eigenvalue weighted by Crippen LogP contribution is -2.30. The Hall–Kier alpha value is 0.390. The third kappa shape index (κ3) is 1.13. The smallest absolute Gasteiger partial charge is 0.336 e. The lowest BCUT2D eigenvalue weighted by Gasteiger charge is -2.09. The fraction of sp³-hybridized carbons (Fsp3) is 0.750. The molecule has 0 saturated carbocycles. The summed E-state index contributed by atoms with van der Waals surface area (Å²) in [4.78, 5) is 10.6. The van der Waals surface area contributed by atoms with Crippen molar-refractivity contribution in [3.8, 4) is 0 Å². The summed E-state index contributed by atoms with van der Waals surface area (Å²) in [5, 5.41) is 8.99. The predicted molar refractivity (Wildman–Crippen MR) is 37.6 cm³/mol. The van der Waals surface area contributed by atoms with Crippen LogP contribution in [0.25, 0.3) is 0 Å². The molecule has 1 saturated heterocycles. The normalized spacial score (nSPS) is 32.3. The van der Waals surface area contributed by atoms with Gasteiger partial charge >= 0.3 is 5.97 Å². The number of carbonyl (C=O) groups excluding carboxylic acids is 1. The zero-order valence-electron chi connectivity index (χ0n) is 4.30. The topological polar surface area (TPSA) is 46.5 Å². The quantitative estimate of drug-likeness (QED) is 0.506. The lowest BCUT2D eigenvalue weighted by molar-refractivity contribution is -0.137. The summed E-state index contributed by atoms with van der Waals surface area (Å²) in [5.74, 6) is -0.477. The van der Waals surface area contributed by atoms with Gasteiger partial charge in [0.15, 0.2) is 0 Å². The average molecular weight is 260 g/mol. The highest BCUT2D eigenvalue weighted by atomic mass is 79.9. The second-order valence-corrected chi connectivity index (χ2v) is 5.30. The van der Waals surface area contributed by atoms with Crippen LogP contribution < -0.4 is 0 Å². The van der Waals surface area contributed by atoms with Crippen LogP contribution >= 0.6 is 31.9 Å². The number of aliphatic hydroxyl groups excluding tert-OH is 1. The molecule has 0 aliphatic carbocycles. The van der Waals surface area contributed by atoms with E-state index in [2.05, 4.69) is 36.6 Å². The van der Waals surface area contributed by atoms with E-state index in [0.717, 1.165) is 0 Å². The molecule has 0 aromatic carbocycles. The molecule has 1 atom stereocenters. The number of carbonyl (C=O) groups is 1. The van der Waals surface area contributed by atoms with E-state index in [4.69, 9.17) is 5.11 Å². The minimum atomic E-state index is -1.07. The number of alkyl halides is 2. The van der Waals surface area contributed by atoms with Crippen molar-refractivity contribution in [1.82, 2.24) is 0 Å². The number of esters is 1. The van der Waals surface area contributed by atoms with E-state index in [1.54, 1.807) is 0 Å². The van der Waals surface area contributed by atoms with Crippen LogP contribution in [0.2, 0.25) is 0 Å². The highest BCUT2D eigenvalue weighted by Crippen LogP contribution is 2.36. The fourth-order valence-electron chi connectivity index (χ4n) is 0.492. The standard InChI is InChI=1S/C4H4Br2O3/c5-4(6)2(7)1-9-3(4)8/h2,7H,1H2. The van der Waals surface area contributed by atoms with Gasteiger partial charge in [0.2, 0.25) is 3.23 Å². The monoisotopic (exact) mass is 258 g/mol. The van der Waals surface area contributed by atoms with Gasteiger partial charge in [0.25, 0.3) is 0 Å². The number of cyclic esters (lactones) is 1. The minimum Gasteiger partial charge on any atom is -0.461 e. The summed E-state index contributed by atoms with van der Waals surface area (Å²) >= 11 is 5.93. The Morgan fingerprint density at radius 1 is 1.78 bits per heavy atom. The molecule has 1 unspecified atom stereocenters. The first-order chi connectivity index (χ1) is 4.05. The summed E-state index contributed by atoms with van der Waals surface area (Å²) in [6, 6.07) is 0. The molecule has 9 heavy (non-hydrogen) atoms. The van der Waals surface area contributed by atoms with E-state index < -0.39 is 15.3 Å². The van der Waals surface area contributed by atoms with Crippen LogP contribution in [0, 0.1) is 0 Å². The molecule has 1 rings (SSSR count). The molecular weight excluding hydrogens is 256 g/mol. The fourth-order valence-corrected chi connectivity index (χ4v) is 0.985. The Morgan fingerprint density at radius 2 is 2.33 bits per heavy atom. The van der Waals surface area contributed by atoms with E-state index in [1.807, 2.05) is 0 Å². The molecular formula is C4H4Br2O3. The number of rotatable bonds is 0. The van der Waals surface area contributed by atoms with Crippen molar-refractivity contribution in [2.24, 2.45) is 0 Å². The molecule has 1 aliphatic heterocycles. The summed E-state index contributed by atoms with van der Waals surface area (Å²) in [6.45, 7) is 0.0509. The molecule has 0 radical (unpaired) electrons. The highest BCUT2D eigenvalue weighted by molar-refractivity contribution is 9.26. The molecule has 52 valence electrons. The Balaban J connectivity index is 2.78. The molecule has 0 aromatic heterocycles. The number of aliphatic hydroxyl groups is 1. The summed E-state index contributed by atoms with van der Waals surface area (Å²) < 4.78 is 3.43. The average Bonchev–Trinajstić information content (AvgIpc) is 1.96. The van der Waals surface area contributed by atoms with Gasteiger partial charge in [0.1, 0.15) is 12.7 Å². The highest BCUT2D eigenvalue weighted by Gasteiger charge is 2.48. The van der Waals surface area contributed by atoms with Crippen molar-refractivity contribution in [3.63, 3.8) is 0 Å². The van der Waals surface area contributed by atoms with Crippen LogP contribution in [0.3, 0.4) is 0 Å². The molecule has 0 aromatic rings. The lowest BCUT2D eigenvalue weighted by atomic mass is 10.3. The van der Waals surface area contributed by atoms with Crippen molar-refractivity contribution in [1.29, 1.82) is 0 Å². The molecule has 3 nitrogen and oxygen atoms in total. The van der Waals surface area contributed by atoms with Gasteiger partial charge in [-0.1, -0.05) is 31.9 Å². The van der Waals surface area contributed by atoms with E-state index in [9.17, 15) is 4.79 Å². The van der Waals surface area contributed by atoms with Gasteiger partial charge in [-0.3, -0.25) is 0 Å². The number of hydrogen-bond acceptors (Lipinski definition) is 3. The van der Waals surface area contributed by atoms with Crippen molar-refractivity contribution >= 4 is 37.8 Å². The number of halogens is 2. The van der Waals surface area contributed by atoms with Crippen molar-refractivity contribution in [2.75, 3.05) is 6.61 Å². The van der Waals surface area contributed by atoms with Crippen LogP contribution in [0.4, 0.5) is 0 Å².